The molecule has 3 N–H and O–H groups in total. The van der Waals surface area contributed by atoms with Crippen LogP contribution in [-0.4, -0.2) is 29.0 Å². The van der Waals surface area contributed by atoms with Gasteiger partial charge in [-0.25, -0.2) is 9.98 Å². The molecule has 0 aliphatic rings. The van der Waals surface area contributed by atoms with Gasteiger partial charge in [0.1, 0.15) is 12.0 Å². The number of aryl methyl sites for hydroxylation is 1. The molecule has 31 heavy (non-hydrogen) atoms. The Hall–Kier alpha value is -2.81. The Bertz CT molecular complexity index is 1130. The van der Waals surface area contributed by atoms with Gasteiger partial charge in [0.2, 0.25) is 5.89 Å². The van der Waals surface area contributed by atoms with Gasteiger partial charge in [0, 0.05) is 35.8 Å². The lowest BCUT2D eigenvalue weighted by Crippen LogP contribution is -2.38. The SMILES string of the molecule is CCNC(=NCc1coc(-c2ccc(C)cc2)n1)NCCc1c[nH]c2ccccc12.I. The highest BCUT2D eigenvalue weighted by Crippen LogP contribution is 2.19. The number of halogens is 1. The molecule has 0 amide bonds. The summed E-state index contributed by atoms with van der Waals surface area (Å²) < 4.78 is 5.63. The maximum atomic E-state index is 5.63. The Morgan fingerprint density at radius 2 is 1.90 bits per heavy atom. The van der Waals surface area contributed by atoms with Crippen LogP contribution in [0.25, 0.3) is 22.4 Å². The number of aromatic amines is 1. The van der Waals surface area contributed by atoms with E-state index >= 15 is 0 Å². The minimum Gasteiger partial charge on any atom is -0.444 e. The van der Waals surface area contributed by atoms with Crippen molar-refractivity contribution in [3.63, 3.8) is 0 Å². The Morgan fingerprint density at radius 3 is 2.71 bits per heavy atom. The third kappa shape index (κ3) is 5.88. The van der Waals surface area contributed by atoms with Gasteiger partial charge in [-0.2, -0.15) is 0 Å². The van der Waals surface area contributed by atoms with Gasteiger partial charge in [-0.05, 0) is 44.0 Å². The Morgan fingerprint density at radius 1 is 1.10 bits per heavy atom. The Kier molecular flexibility index (Phi) is 8.11. The number of hydrogen-bond donors (Lipinski definition) is 3. The number of para-hydroxylation sites is 1. The van der Waals surface area contributed by atoms with E-state index in [1.54, 1.807) is 6.26 Å². The van der Waals surface area contributed by atoms with Crippen LogP contribution in [0.2, 0.25) is 0 Å². The molecule has 0 saturated carbocycles. The van der Waals surface area contributed by atoms with Gasteiger partial charge in [-0.1, -0.05) is 35.9 Å². The fraction of sp³-hybridized carbons (Fsp3) is 0.250. The predicted octanol–water partition coefficient (Wildman–Crippen LogP) is 5.05. The molecule has 0 aliphatic heterocycles. The second kappa shape index (κ2) is 11.0. The highest BCUT2D eigenvalue weighted by Gasteiger charge is 2.07. The quantitative estimate of drug-likeness (QED) is 0.178. The largest absolute Gasteiger partial charge is 0.444 e. The summed E-state index contributed by atoms with van der Waals surface area (Å²) in [5, 5.41) is 7.96. The zero-order chi connectivity index (χ0) is 20.8. The molecule has 4 aromatic rings. The zero-order valence-electron chi connectivity index (χ0n) is 17.8. The second-order valence-corrected chi connectivity index (χ2v) is 7.24. The first-order chi connectivity index (χ1) is 14.7. The van der Waals surface area contributed by atoms with Crippen LogP contribution in [0.4, 0.5) is 0 Å². The van der Waals surface area contributed by atoms with E-state index in [-0.39, 0.29) is 24.0 Å². The van der Waals surface area contributed by atoms with Gasteiger partial charge >= 0.3 is 0 Å². The fourth-order valence-electron chi connectivity index (χ4n) is 3.36. The van der Waals surface area contributed by atoms with Crippen LogP contribution in [0, 0.1) is 6.92 Å². The molecule has 0 aliphatic carbocycles. The van der Waals surface area contributed by atoms with Crippen LogP contribution >= 0.6 is 24.0 Å². The summed E-state index contributed by atoms with van der Waals surface area (Å²) >= 11 is 0. The maximum absolute atomic E-state index is 5.63. The summed E-state index contributed by atoms with van der Waals surface area (Å²) in [7, 11) is 0. The number of aromatic nitrogens is 2. The van der Waals surface area contributed by atoms with E-state index in [4.69, 9.17) is 4.42 Å². The Labute approximate surface area is 199 Å². The van der Waals surface area contributed by atoms with Crippen LogP contribution in [0.1, 0.15) is 23.7 Å². The molecular weight excluding hydrogens is 501 g/mol. The molecule has 2 aromatic carbocycles. The van der Waals surface area contributed by atoms with E-state index in [1.165, 1.54) is 22.0 Å². The third-order valence-corrected chi connectivity index (χ3v) is 4.96. The van der Waals surface area contributed by atoms with Crippen molar-refractivity contribution in [2.75, 3.05) is 13.1 Å². The Balaban J connectivity index is 0.00000272. The van der Waals surface area contributed by atoms with E-state index in [2.05, 4.69) is 76.0 Å². The second-order valence-electron chi connectivity index (χ2n) is 7.24. The molecule has 162 valence electrons. The number of benzene rings is 2. The van der Waals surface area contributed by atoms with Crippen LogP contribution < -0.4 is 10.6 Å². The highest BCUT2D eigenvalue weighted by molar-refractivity contribution is 14.0. The van der Waals surface area contributed by atoms with Crippen molar-refractivity contribution in [1.82, 2.24) is 20.6 Å². The molecule has 0 atom stereocenters. The highest BCUT2D eigenvalue weighted by atomic mass is 127. The molecule has 0 bridgehead atoms. The molecule has 2 aromatic heterocycles. The zero-order valence-corrected chi connectivity index (χ0v) is 20.1. The maximum Gasteiger partial charge on any atom is 0.226 e. The molecule has 0 radical (unpaired) electrons. The number of H-pyrrole nitrogens is 1. The molecule has 7 heteroatoms. The van der Waals surface area contributed by atoms with Crippen molar-refractivity contribution in [3.05, 3.63) is 77.8 Å². The van der Waals surface area contributed by atoms with Gasteiger partial charge in [0.15, 0.2) is 5.96 Å². The van der Waals surface area contributed by atoms with Crippen LogP contribution in [0.15, 0.2) is 70.4 Å². The van der Waals surface area contributed by atoms with Crippen LogP contribution in [-0.2, 0) is 13.0 Å². The minimum absolute atomic E-state index is 0. The van der Waals surface area contributed by atoms with E-state index in [9.17, 15) is 0 Å². The van der Waals surface area contributed by atoms with Crippen molar-refractivity contribution < 1.29 is 4.42 Å². The van der Waals surface area contributed by atoms with Crippen LogP contribution in [0.3, 0.4) is 0 Å². The number of aliphatic imine (C=N–C) groups is 1. The number of fused-ring (bicyclic) bond motifs is 1. The van der Waals surface area contributed by atoms with E-state index in [0.717, 1.165) is 36.7 Å². The standard InChI is InChI=1S/C24H27N5O.HI/c1-3-25-24(26-13-12-19-14-27-22-7-5-4-6-21(19)22)28-15-20-16-30-23(29-20)18-10-8-17(2)9-11-18;/h4-11,14,16,27H,3,12-13,15H2,1-2H3,(H2,25,26,28);1H. The van der Waals surface area contributed by atoms with Crippen molar-refractivity contribution in [1.29, 1.82) is 0 Å². The molecular formula is C24H28IN5O. The number of nitrogens with zero attached hydrogens (tertiary/aromatic N) is 2. The normalized spacial score (nSPS) is 11.4. The first-order valence-electron chi connectivity index (χ1n) is 10.3. The average molecular weight is 529 g/mol. The molecule has 0 spiro atoms. The first kappa shape index (κ1) is 22.9. The number of nitrogens with one attached hydrogen (secondary N) is 3. The van der Waals surface area contributed by atoms with Crippen molar-refractivity contribution in [2.24, 2.45) is 4.99 Å². The first-order valence-corrected chi connectivity index (χ1v) is 10.3. The summed E-state index contributed by atoms with van der Waals surface area (Å²) in [6, 6.07) is 16.5. The monoisotopic (exact) mass is 529 g/mol. The number of oxazole rings is 1. The van der Waals surface area contributed by atoms with Gasteiger partial charge in [-0.3, -0.25) is 0 Å². The topological polar surface area (TPSA) is 78.2 Å². The molecule has 4 rings (SSSR count). The summed E-state index contributed by atoms with van der Waals surface area (Å²) in [4.78, 5) is 12.5. The number of hydrogen-bond acceptors (Lipinski definition) is 3. The summed E-state index contributed by atoms with van der Waals surface area (Å²) in [5.74, 6) is 1.40. The number of guanidine groups is 1. The summed E-state index contributed by atoms with van der Waals surface area (Å²) in [5.41, 5.74) is 5.46. The summed E-state index contributed by atoms with van der Waals surface area (Å²) in [6.07, 6.45) is 4.67. The van der Waals surface area contributed by atoms with Gasteiger partial charge < -0.3 is 20.0 Å². The van der Waals surface area contributed by atoms with Crippen LogP contribution in [0.5, 0.6) is 0 Å². The molecule has 6 nitrogen and oxygen atoms in total. The third-order valence-electron chi connectivity index (χ3n) is 4.96. The minimum atomic E-state index is 0. The van der Waals surface area contributed by atoms with Crippen molar-refractivity contribution in [2.45, 2.75) is 26.8 Å². The fourth-order valence-corrected chi connectivity index (χ4v) is 3.36. The number of rotatable bonds is 7. The van der Waals surface area contributed by atoms with Gasteiger partial charge in [-0.15, -0.1) is 24.0 Å². The molecule has 0 fully saturated rings. The molecule has 2 heterocycles. The van der Waals surface area contributed by atoms with Crippen molar-refractivity contribution in [3.8, 4) is 11.5 Å². The summed E-state index contributed by atoms with van der Waals surface area (Å²) in [6.45, 7) is 6.17. The lowest BCUT2D eigenvalue weighted by molar-refractivity contribution is 0.572. The van der Waals surface area contributed by atoms with E-state index in [0.29, 0.717) is 12.4 Å². The molecule has 0 unspecified atom stereocenters. The van der Waals surface area contributed by atoms with Crippen molar-refractivity contribution >= 4 is 40.8 Å². The lowest BCUT2D eigenvalue weighted by atomic mass is 10.1. The average Bonchev–Trinajstić information content (AvgIpc) is 3.40. The van der Waals surface area contributed by atoms with E-state index in [1.807, 2.05) is 18.2 Å². The molecule has 0 saturated heterocycles. The van der Waals surface area contributed by atoms with Gasteiger partial charge in [0.05, 0.1) is 6.54 Å². The lowest BCUT2D eigenvalue weighted by Gasteiger charge is -2.10. The van der Waals surface area contributed by atoms with E-state index < -0.39 is 0 Å². The predicted molar refractivity (Wildman–Crippen MR) is 137 cm³/mol. The van der Waals surface area contributed by atoms with Gasteiger partial charge in [0.25, 0.3) is 0 Å². The smallest absolute Gasteiger partial charge is 0.226 e.